The Labute approximate surface area is 44.0 Å². The SMILES string of the molecule is CC(C)O[NH3+].[Cl-]. The molecule has 0 aliphatic carbocycles. The fourth-order valence-corrected chi connectivity index (χ4v) is 0. The molecule has 0 aliphatic rings. The molecule has 0 aliphatic heterocycles. The van der Waals surface area contributed by atoms with E-state index in [1.54, 1.807) is 0 Å². The van der Waals surface area contributed by atoms with Gasteiger partial charge in [-0.15, -0.1) is 0 Å². The van der Waals surface area contributed by atoms with Crippen molar-refractivity contribution in [3.8, 4) is 0 Å². The Morgan fingerprint density at radius 1 is 1.50 bits per heavy atom. The predicted octanol–water partition coefficient (Wildman–Crippen LogP) is -3.43. The Balaban J connectivity index is 0. The van der Waals surface area contributed by atoms with E-state index < -0.39 is 0 Å². The Kier molecular flexibility index (Phi) is 8.26. The van der Waals surface area contributed by atoms with E-state index >= 15 is 0 Å². The molecule has 0 saturated carbocycles. The number of hydrogen-bond donors (Lipinski definition) is 1. The number of hydrogen-bond acceptors (Lipinski definition) is 1. The Hall–Kier alpha value is 0.210. The lowest BCUT2D eigenvalue weighted by Crippen LogP contribution is -3.00. The maximum Gasteiger partial charge on any atom is 0.111 e. The average Bonchev–Trinajstić information content (AvgIpc) is 1.38. The summed E-state index contributed by atoms with van der Waals surface area (Å²) in [6.07, 6.45) is 0.273. The molecular formula is C3H10ClNO. The third kappa shape index (κ3) is 8.88. The van der Waals surface area contributed by atoms with E-state index in [0.717, 1.165) is 0 Å². The van der Waals surface area contributed by atoms with E-state index in [9.17, 15) is 0 Å². The van der Waals surface area contributed by atoms with Gasteiger partial charge in [0.2, 0.25) is 0 Å². The summed E-state index contributed by atoms with van der Waals surface area (Å²) >= 11 is 0. The van der Waals surface area contributed by atoms with Gasteiger partial charge in [0.25, 0.3) is 0 Å². The fourth-order valence-electron chi connectivity index (χ4n) is 0. The molecule has 0 fully saturated rings. The molecule has 6 heavy (non-hydrogen) atoms. The molecule has 0 bridgehead atoms. The Morgan fingerprint density at radius 2 is 1.67 bits per heavy atom. The van der Waals surface area contributed by atoms with Gasteiger partial charge in [0.05, 0.1) is 0 Å². The molecule has 0 amide bonds. The summed E-state index contributed by atoms with van der Waals surface area (Å²) in [4.78, 5) is 4.50. The topological polar surface area (TPSA) is 36.9 Å². The lowest BCUT2D eigenvalue weighted by molar-refractivity contribution is -0.700. The standard InChI is InChI=1S/C3H10NO.ClH/c1-3(2)5-4;/h3H,1-2,4H3;1H/q+1;/p-1. The molecule has 3 heteroatoms. The summed E-state index contributed by atoms with van der Waals surface area (Å²) in [5, 5.41) is 0. The van der Waals surface area contributed by atoms with Crippen LogP contribution in [0.3, 0.4) is 0 Å². The molecule has 0 aromatic heterocycles. The zero-order valence-corrected chi connectivity index (χ0v) is 4.83. The third-order valence-corrected chi connectivity index (χ3v) is 0.333. The van der Waals surface area contributed by atoms with E-state index in [2.05, 4.69) is 10.7 Å². The highest BCUT2D eigenvalue weighted by atomic mass is 35.5. The van der Waals surface area contributed by atoms with Crippen LogP contribution in [0.2, 0.25) is 0 Å². The van der Waals surface area contributed by atoms with Crippen molar-refractivity contribution in [3.05, 3.63) is 0 Å². The van der Waals surface area contributed by atoms with Crippen LogP contribution in [-0.4, -0.2) is 6.10 Å². The largest absolute Gasteiger partial charge is 1.00 e. The van der Waals surface area contributed by atoms with Crippen molar-refractivity contribution >= 4 is 0 Å². The maximum absolute atomic E-state index is 4.50. The molecule has 0 rings (SSSR count). The molecule has 0 aromatic carbocycles. The first-order valence-electron chi connectivity index (χ1n) is 1.68. The lowest BCUT2D eigenvalue weighted by Gasteiger charge is -1.89. The monoisotopic (exact) mass is 111 g/mol. The van der Waals surface area contributed by atoms with Crippen LogP contribution in [0.15, 0.2) is 0 Å². The van der Waals surface area contributed by atoms with Gasteiger partial charge in [0.1, 0.15) is 6.10 Å². The van der Waals surface area contributed by atoms with Crippen LogP contribution in [0.1, 0.15) is 13.8 Å². The molecule has 0 saturated heterocycles. The first-order chi connectivity index (χ1) is 2.27. The van der Waals surface area contributed by atoms with Gasteiger partial charge in [-0.3, -0.25) is 0 Å². The molecule has 0 atom stereocenters. The van der Waals surface area contributed by atoms with Gasteiger partial charge in [-0.05, 0) is 13.8 Å². The van der Waals surface area contributed by atoms with Gasteiger partial charge in [0.15, 0.2) is 0 Å². The van der Waals surface area contributed by atoms with Gasteiger partial charge in [-0.25, -0.2) is 10.7 Å². The second-order valence-corrected chi connectivity index (χ2v) is 1.22. The number of halogens is 1. The normalized spacial score (nSPS) is 8.00. The van der Waals surface area contributed by atoms with Gasteiger partial charge in [-0.2, -0.15) is 0 Å². The predicted molar refractivity (Wildman–Crippen MR) is 19.1 cm³/mol. The first-order valence-corrected chi connectivity index (χ1v) is 1.68. The molecular weight excluding hydrogens is 101 g/mol. The van der Waals surface area contributed by atoms with Crippen molar-refractivity contribution in [1.82, 2.24) is 0 Å². The highest BCUT2D eigenvalue weighted by molar-refractivity contribution is 4.23. The van der Waals surface area contributed by atoms with E-state index in [1.807, 2.05) is 13.8 Å². The van der Waals surface area contributed by atoms with E-state index in [1.165, 1.54) is 0 Å². The molecule has 0 radical (unpaired) electrons. The van der Waals surface area contributed by atoms with Crippen LogP contribution in [0, 0.1) is 0 Å². The minimum Gasteiger partial charge on any atom is -1.00 e. The van der Waals surface area contributed by atoms with Crippen LogP contribution < -0.4 is 18.3 Å². The quantitative estimate of drug-likeness (QED) is 0.352. The van der Waals surface area contributed by atoms with Crippen molar-refractivity contribution in [2.75, 3.05) is 0 Å². The molecule has 0 unspecified atom stereocenters. The second-order valence-electron chi connectivity index (χ2n) is 1.22. The molecule has 0 spiro atoms. The zero-order chi connectivity index (χ0) is 4.28. The van der Waals surface area contributed by atoms with Gasteiger partial charge in [-0.1, -0.05) is 0 Å². The summed E-state index contributed by atoms with van der Waals surface area (Å²) in [6.45, 7) is 3.88. The van der Waals surface area contributed by atoms with Gasteiger partial charge in [0, 0.05) is 0 Å². The van der Waals surface area contributed by atoms with E-state index in [0.29, 0.717) is 0 Å². The second kappa shape index (κ2) is 5.21. The van der Waals surface area contributed by atoms with Crippen LogP contribution in [0.5, 0.6) is 0 Å². The van der Waals surface area contributed by atoms with Gasteiger partial charge >= 0.3 is 0 Å². The molecule has 3 N–H and O–H groups in total. The zero-order valence-electron chi connectivity index (χ0n) is 4.07. The van der Waals surface area contributed by atoms with Crippen LogP contribution >= 0.6 is 0 Å². The lowest BCUT2D eigenvalue weighted by atomic mass is 10.5. The summed E-state index contributed by atoms with van der Waals surface area (Å²) in [7, 11) is 0. The smallest absolute Gasteiger partial charge is 0.111 e. The molecule has 0 heterocycles. The molecule has 0 aromatic rings. The summed E-state index contributed by atoms with van der Waals surface area (Å²) in [5.74, 6) is 3.19. The maximum atomic E-state index is 4.50. The first kappa shape index (κ1) is 9.51. The van der Waals surface area contributed by atoms with Crippen molar-refractivity contribution < 1.29 is 23.1 Å². The highest BCUT2D eigenvalue weighted by Gasteiger charge is 1.83. The Morgan fingerprint density at radius 3 is 1.67 bits per heavy atom. The summed E-state index contributed by atoms with van der Waals surface area (Å²) in [6, 6.07) is 0. The number of quaternary nitrogens is 1. The van der Waals surface area contributed by atoms with Crippen molar-refractivity contribution in [1.29, 1.82) is 0 Å². The van der Waals surface area contributed by atoms with Gasteiger partial charge < -0.3 is 12.4 Å². The summed E-state index contributed by atoms with van der Waals surface area (Å²) in [5.41, 5.74) is 0. The fraction of sp³-hybridized carbons (Fsp3) is 1.00. The minimum absolute atomic E-state index is 0. The van der Waals surface area contributed by atoms with Crippen LogP contribution in [-0.2, 0) is 4.84 Å². The molecule has 40 valence electrons. The third-order valence-electron chi connectivity index (χ3n) is 0.333. The average molecular weight is 112 g/mol. The van der Waals surface area contributed by atoms with Crippen molar-refractivity contribution in [3.63, 3.8) is 0 Å². The Bertz CT molecular complexity index is 24.8. The van der Waals surface area contributed by atoms with Crippen LogP contribution in [0.25, 0.3) is 0 Å². The van der Waals surface area contributed by atoms with Crippen LogP contribution in [0.4, 0.5) is 0 Å². The van der Waals surface area contributed by atoms with Crippen molar-refractivity contribution in [2.45, 2.75) is 20.0 Å². The number of rotatable bonds is 1. The van der Waals surface area contributed by atoms with E-state index in [4.69, 9.17) is 0 Å². The van der Waals surface area contributed by atoms with E-state index in [-0.39, 0.29) is 18.5 Å². The molecule has 2 nitrogen and oxygen atoms in total. The minimum atomic E-state index is 0. The highest BCUT2D eigenvalue weighted by Crippen LogP contribution is 1.72. The van der Waals surface area contributed by atoms with Crippen molar-refractivity contribution in [2.24, 2.45) is 0 Å². The summed E-state index contributed by atoms with van der Waals surface area (Å²) < 4.78 is 0.